The number of likely N-dealkylation sites (N-methyl/N-ethyl adjacent to an activating group) is 1. The molecule has 1 aliphatic rings. The van der Waals surface area contributed by atoms with Crippen molar-refractivity contribution in [1.29, 1.82) is 0 Å². The first-order valence-electron chi connectivity index (χ1n) is 10.3. The van der Waals surface area contributed by atoms with E-state index in [4.69, 9.17) is 9.15 Å². The van der Waals surface area contributed by atoms with E-state index in [0.717, 1.165) is 30.9 Å². The second kappa shape index (κ2) is 8.32. The van der Waals surface area contributed by atoms with Crippen molar-refractivity contribution in [3.05, 3.63) is 75.6 Å². The number of hydrogen-bond donors (Lipinski definition) is 0. The zero-order valence-corrected chi connectivity index (χ0v) is 17.6. The topological polar surface area (TPSA) is 63.0 Å². The standard InChI is InChI=1S/C24H26N2O4/c1-4-25(5-2)14-15-26-21(16-10-12-17(29-3)13-11-16)20-22(27)18-8-6-7-9-19(18)30-23(20)24(26)28/h6-13,21H,4-5,14-15H2,1-3H3. The Hall–Kier alpha value is -3.12. The van der Waals surface area contributed by atoms with Crippen LogP contribution < -0.4 is 10.2 Å². The molecule has 3 aromatic rings. The smallest absolute Gasteiger partial charge is 0.290 e. The third-order valence-corrected chi connectivity index (χ3v) is 5.86. The van der Waals surface area contributed by atoms with Crippen molar-refractivity contribution < 1.29 is 13.9 Å². The molecule has 0 saturated carbocycles. The zero-order valence-electron chi connectivity index (χ0n) is 17.6. The Morgan fingerprint density at radius 2 is 1.73 bits per heavy atom. The van der Waals surface area contributed by atoms with E-state index in [1.165, 1.54) is 0 Å². The fraction of sp³-hybridized carbons (Fsp3) is 0.333. The first-order valence-corrected chi connectivity index (χ1v) is 10.3. The lowest BCUT2D eigenvalue weighted by molar-refractivity contribution is 0.0708. The van der Waals surface area contributed by atoms with Crippen LogP contribution in [0.25, 0.3) is 11.0 Å². The van der Waals surface area contributed by atoms with Gasteiger partial charge in [0.1, 0.15) is 11.3 Å². The maximum Gasteiger partial charge on any atom is 0.290 e. The van der Waals surface area contributed by atoms with Crippen LogP contribution in [-0.4, -0.2) is 49.0 Å². The molecule has 1 unspecified atom stereocenters. The molecule has 1 aromatic heterocycles. The van der Waals surface area contributed by atoms with Crippen LogP contribution in [-0.2, 0) is 0 Å². The molecule has 30 heavy (non-hydrogen) atoms. The Kier molecular flexibility index (Phi) is 5.59. The highest BCUT2D eigenvalue weighted by molar-refractivity contribution is 5.99. The third kappa shape index (κ3) is 3.37. The number of amides is 1. The van der Waals surface area contributed by atoms with Gasteiger partial charge in [0.25, 0.3) is 5.91 Å². The number of carbonyl (C=O) groups is 1. The number of hydrogen-bond acceptors (Lipinski definition) is 5. The Morgan fingerprint density at radius 1 is 1.03 bits per heavy atom. The van der Waals surface area contributed by atoms with Gasteiger partial charge in [-0.2, -0.15) is 0 Å². The molecule has 0 spiro atoms. The van der Waals surface area contributed by atoms with Crippen molar-refractivity contribution in [2.24, 2.45) is 0 Å². The number of methoxy groups -OCH3 is 1. The summed E-state index contributed by atoms with van der Waals surface area (Å²) in [5, 5.41) is 0.494. The Balaban J connectivity index is 1.84. The number of benzene rings is 2. The molecule has 0 saturated heterocycles. The van der Waals surface area contributed by atoms with Gasteiger partial charge in [0, 0.05) is 13.1 Å². The van der Waals surface area contributed by atoms with Crippen molar-refractivity contribution >= 4 is 16.9 Å². The fourth-order valence-corrected chi connectivity index (χ4v) is 4.12. The van der Waals surface area contributed by atoms with Crippen molar-refractivity contribution in [1.82, 2.24) is 9.80 Å². The van der Waals surface area contributed by atoms with E-state index in [0.29, 0.717) is 23.1 Å². The molecule has 6 heteroatoms. The van der Waals surface area contributed by atoms with Gasteiger partial charge in [0.2, 0.25) is 5.76 Å². The minimum atomic E-state index is -0.477. The summed E-state index contributed by atoms with van der Waals surface area (Å²) in [5.74, 6) is 0.642. The summed E-state index contributed by atoms with van der Waals surface area (Å²) in [6, 6.07) is 14.1. The molecular formula is C24H26N2O4. The summed E-state index contributed by atoms with van der Waals surface area (Å²) in [5.41, 5.74) is 1.58. The zero-order chi connectivity index (χ0) is 21.3. The molecular weight excluding hydrogens is 380 g/mol. The lowest BCUT2D eigenvalue weighted by Crippen LogP contribution is -2.37. The predicted molar refractivity (Wildman–Crippen MR) is 116 cm³/mol. The van der Waals surface area contributed by atoms with Gasteiger partial charge in [-0.3, -0.25) is 9.59 Å². The van der Waals surface area contributed by atoms with Crippen LogP contribution in [0.4, 0.5) is 0 Å². The summed E-state index contributed by atoms with van der Waals surface area (Å²) in [6.07, 6.45) is 0. The van der Waals surface area contributed by atoms with Crippen LogP contribution in [0.3, 0.4) is 0 Å². The van der Waals surface area contributed by atoms with Gasteiger partial charge in [-0.1, -0.05) is 38.1 Å². The first-order chi connectivity index (χ1) is 14.6. The Morgan fingerprint density at radius 3 is 2.40 bits per heavy atom. The number of fused-ring (bicyclic) bond motifs is 2. The summed E-state index contributed by atoms with van der Waals surface area (Å²) >= 11 is 0. The maximum absolute atomic E-state index is 13.4. The molecule has 0 aliphatic carbocycles. The Labute approximate surface area is 175 Å². The molecule has 2 heterocycles. The second-order valence-electron chi connectivity index (χ2n) is 7.37. The molecule has 1 atom stereocenters. The lowest BCUT2D eigenvalue weighted by atomic mass is 9.98. The number of rotatable bonds is 7. The molecule has 1 aliphatic heterocycles. The van der Waals surface area contributed by atoms with E-state index in [1.807, 2.05) is 30.3 Å². The van der Waals surface area contributed by atoms with E-state index in [9.17, 15) is 9.59 Å². The average Bonchev–Trinajstić information content (AvgIpc) is 3.07. The van der Waals surface area contributed by atoms with Crippen LogP contribution in [0.15, 0.2) is 57.7 Å². The quantitative estimate of drug-likeness (QED) is 0.599. The van der Waals surface area contributed by atoms with E-state index >= 15 is 0 Å². The highest BCUT2D eigenvalue weighted by atomic mass is 16.5. The number of ether oxygens (including phenoxy) is 1. The second-order valence-corrected chi connectivity index (χ2v) is 7.37. The van der Waals surface area contributed by atoms with Crippen molar-refractivity contribution in [3.8, 4) is 5.75 Å². The van der Waals surface area contributed by atoms with Crippen LogP contribution in [0.5, 0.6) is 5.75 Å². The van der Waals surface area contributed by atoms with Crippen LogP contribution >= 0.6 is 0 Å². The largest absolute Gasteiger partial charge is 0.497 e. The van der Waals surface area contributed by atoms with Gasteiger partial charge in [-0.25, -0.2) is 0 Å². The normalized spacial score (nSPS) is 15.8. The van der Waals surface area contributed by atoms with Gasteiger partial charge in [-0.15, -0.1) is 0 Å². The SMILES string of the molecule is CCN(CC)CCN1C(=O)c2oc3ccccc3c(=O)c2C1c1ccc(OC)cc1. The molecule has 0 fully saturated rings. The van der Waals surface area contributed by atoms with Gasteiger partial charge >= 0.3 is 0 Å². The molecule has 1 amide bonds. The lowest BCUT2D eigenvalue weighted by Gasteiger charge is -2.28. The molecule has 0 bridgehead atoms. The van der Waals surface area contributed by atoms with Crippen LogP contribution in [0, 0.1) is 0 Å². The Bertz CT molecular complexity index is 1120. The summed E-state index contributed by atoms with van der Waals surface area (Å²) in [7, 11) is 1.61. The van der Waals surface area contributed by atoms with E-state index in [1.54, 1.807) is 30.2 Å². The highest BCUT2D eigenvalue weighted by Crippen LogP contribution is 2.38. The van der Waals surface area contributed by atoms with Crippen molar-refractivity contribution in [2.45, 2.75) is 19.9 Å². The number of nitrogens with zero attached hydrogens (tertiary/aromatic N) is 2. The van der Waals surface area contributed by atoms with Crippen molar-refractivity contribution in [3.63, 3.8) is 0 Å². The molecule has 156 valence electrons. The highest BCUT2D eigenvalue weighted by Gasteiger charge is 2.42. The maximum atomic E-state index is 13.4. The molecule has 0 N–H and O–H groups in total. The van der Waals surface area contributed by atoms with Crippen LogP contribution in [0.2, 0.25) is 0 Å². The van der Waals surface area contributed by atoms with E-state index < -0.39 is 6.04 Å². The van der Waals surface area contributed by atoms with E-state index in [-0.39, 0.29) is 17.1 Å². The van der Waals surface area contributed by atoms with Crippen LogP contribution in [0.1, 0.15) is 41.6 Å². The monoisotopic (exact) mass is 406 g/mol. The van der Waals surface area contributed by atoms with E-state index in [2.05, 4.69) is 18.7 Å². The molecule has 0 radical (unpaired) electrons. The van der Waals surface area contributed by atoms with Gasteiger partial charge in [0.05, 0.1) is 24.1 Å². The van der Waals surface area contributed by atoms with Crippen molar-refractivity contribution in [2.75, 3.05) is 33.3 Å². The number of para-hydroxylation sites is 1. The summed E-state index contributed by atoms with van der Waals surface area (Å²) in [4.78, 5) is 30.7. The minimum Gasteiger partial charge on any atom is -0.497 e. The fourth-order valence-electron chi connectivity index (χ4n) is 4.12. The first kappa shape index (κ1) is 20.2. The minimum absolute atomic E-state index is 0.147. The summed E-state index contributed by atoms with van der Waals surface area (Å²) < 4.78 is 11.2. The third-order valence-electron chi connectivity index (χ3n) is 5.86. The summed E-state index contributed by atoms with van der Waals surface area (Å²) in [6.45, 7) is 7.25. The molecule has 2 aromatic carbocycles. The molecule has 4 rings (SSSR count). The van der Waals surface area contributed by atoms with Gasteiger partial charge < -0.3 is 19.0 Å². The number of carbonyl (C=O) groups excluding carboxylic acids is 1. The van der Waals surface area contributed by atoms with Gasteiger partial charge in [-0.05, 0) is 42.9 Å². The molecule has 6 nitrogen and oxygen atoms in total. The average molecular weight is 406 g/mol. The van der Waals surface area contributed by atoms with Gasteiger partial charge in [0.15, 0.2) is 5.43 Å². The predicted octanol–water partition coefficient (Wildman–Crippen LogP) is 3.69.